The van der Waals surface area contributed by atoms with Gasteiger partial charge in [-0.1, -0.05) is 18.2 Å². The van der Waals surface area contributed by atoms with Crippen molar-refractivity contribution in [1.29, 1.82) is 0 Å². The van der Waals surface area contributed by atoms with E-state index in [4.69, 9.17) is 4.74 Å². The van der Waals surface area contributed by atoms with Gasteiger partial charge in [-0.05, 0) is 24.3 Å². The zero-order valence-electron chi connectivity index (χ0n) is 12.7. The third-order valence-electron chi connectivity index (χ3n) is 3.00. The summed E-state index contributed by atoms with van der Waals surface area (Å²) in [7, 11) is 1.14. The van der Waals surface area contributed by atoms with Crippen LogP contribution in [0.5, 0.6) is 5.75 Å². The number of esters is 1. The highest BCUT2D eigenvalue weighted by Crippen LogP contribution is 2.17. The second kappa shape index (κ2) is 7.73. The molecule has 1 amide bonds. The van der Waals surface area contributed by atoms with Gasteiger partial charge in [0.1, 0.15) is 5.75 Å². The second-order valence-electron chi connectivity index (χ2n) is 4.63. The number of non-ortho nitro benzene ring substituents is 1. The lowest BCUT2D eigenvalue weighted by Gasteiger charge is -2.16. The van der Waals surface area contributed by atoms with Gasteiger partial charge in [0.05, 0.1) is 12.0 Å². The van der Waals surface area contributed by atoms with Crippen LogP contribution in [0.4, 0.5) is 11.4 Å². The van der Waals surface area contributed by atoms with Crippen LogP contribution in [-0.4, -0.2) is 30.0 Å². The van der Waals surface area contributed by atoms with Gasteiger partial charge in [0.25, 0.3) is 17.7 Å². The molecule has 0 radical (unpaired) electrons. The number of anilines is 1. The maximum Gasteiger partial charge on any atom is 0.357 e. The van der Waals surface area contributed by atoms with Crippen molar-refractivity contribution in [3.63, 3.8) is 0 Å². The Labute approximate surface area is 137 Å². The number of hydrogen-bond acceptors (Lipinski definition) is 6. The first kappa shape index (κ1) is 16.9. The number of para-hydroxylation sites is 1. The number of hydrogen-bond donors (Lipinski definition) is 1. The summed E-state index contributed by atoms with van der Waals surface area (Å²) in [6, 6.07) is 13.5. The molecule has 0 heterocycles. The van der Waals surface area contributed by atoms with Crippen molar-refractivity contribution in [1.82, 2.24) is 0 Å². The molecule has 2 rings (SSSR count). The van der Waals surface area contributed by atoms with Gasteiger partial charge in [0.15, 0.2) is 0 Å². The van der Waals surface area contributed by atoms with Crippen molar-refractivity contribution in [3.05, 3.63) is 64.7 Å². The van der Waals surface area contributed by atoms with Crippen LogP contribution in [0.2, 0.25) is 0 Å². The first-order chi connectivity index (χ1) is 11.5. The molecular formula is C16H14N2O6. The molecular weight excluding hydrogens is 316 g/mol. The van der Waals surface area contributed by atoms with Crippen molar-refractivity contribution >= 4 is 23.3 Å². The van der Waals surface area contributed by atoms with Crippen LogP contribution in [0.25, 0.3) is 0 Å². The topological polar surface area (TPSA) is 108 Å². The van der Waals surface area contributed by atoms with Gasteiger partial charge in [-0.25, -0.2) is 4.79 Å². The fourth-order valence-electron chi connectivity index (χ4n) is 1.83. The number of nitrogens with one attached hydrogen (secondary N) is 1. The van der Waals surface area contributed by atoms with Gasteiger partial charge >= 0.3 is 5.97 Å². The van der Waals surface area contributed by atoms with E-state index in [9.17, 15) is 19.7 Å². The quantitative estimate of drug-likeness (QED) is 0.376. The monoisotopic (exact) mass is 330 g/mol. The molecule has 0 aliphatic carbocycles. The van der Waals surface area contributed by atoms with Crippen molar-refractivity contribution in [2.75, 3.05) is 12.4 Å². The molecule has 0 aromatic heterocycles. The van der Waals surface area contributed by atoms with E-state index in [2.05, 4.69) is 10.1 Å². The van der Waals surface area contributed by atoms with Gasteiger partial charge in [-0.15, -0.1) is 0 Å². The van der Waals surface area contributed by atoms with E-state index in [-0.39, 0.29) is 11.4 Å². The summed E-state index contributed by atoms with van der Waals surface area (Å²) >= 11 is 0. The highest BCUT2D eigenvalue weighted by molar-refractivity contribution is 6.07. The van der Waals surface area contributed by atoms with Crippen LogP contribution < -0.4 is 10.1 Å². The fraction of sp³-hybridized carbons (Fsp3) is 0.125. The molecule has 0 fully saturated rings. The second-order valence-corrected chi connectivity index (χ2v) is 4.63. The lowest BCUT2D eigenvalue weighted by Crippen LogP contribution is -2.40. The number of rotatable bonds is 6. The lowest BCUT2D eigenvalue weighted by atomic mass is 10.2. The van der Waals surface area contributed by atoms with Crippen molar-refractivity contribution in [2.45, 2.75) is 6.10 Å². The third kappa shape index (κ3) is 4.29. The number of nitro groups is 1. The van der Waals surface area contributed by atoms with Crippen LogP contribution in [-0.2, 0) is 14.3 Å². The van der Waals surface area contributed by atoms with Gasteiger partial charge in [0, 0.05) is 17.8 Å². The number of amides is 1. The zero-order valence-corrected chi connectivity index (χ0v) is 12.7. The Morgan fingerprint density at radius 1 is 1.08 bits per heavy atom. The Hall–Kier alpha value is -3.42. The highest BCUT2D eigenvalue weighted by Gasteiger charge is 2.30. The molecule has 0 saturated heterocycles. The number of nitro benzene ring substituents is 1. The molecule has 0 aliphatic rings. The highest BCUT2D eigenvalue weighted by atomic mass is 16.6. The molecule has 0 spiro atoms. The van der Waals surface area contributed by atoms with Gasteiger partial charge in [-0.2, -0.15) is 0 Å². The molecule has 24 heavy (non-hydrogen) atoms. The minimum atomic E-state index is -1.51. The number of ether oxygens (including phenoxy) is 2. The fourth-order valence-corrected chi connectivity index (χ4v) is 1.83. The summed E-state index contributed by atoms with van der Waals surface area (Å²) in [6.07, 6.45) is -1.51. The standard InChI is InChI=1S/C16H14N2O6/c1-23-16(20)14(24-13-5-3-2-4-6-13)15(19)17-11-7-9-12(10-8-11)18(21)22/h2-10,14H,1H3,(H,17,19). The molecule has 8 nitrogen and oxygen atoms in total. The smallest absolute Gasteiger partial charge is 0.357 e. The van der Waals surface area contributed by atoms with Crippen LogP contribution in [0, 0.1) is 10.1 Å². The van der Waals surface area contributed by atoms with E-state index < -0.39 is 22.9 Å². The first-order valence-corrected chi connectivity index (χ1v) is 6.86. The van der Waals surface area contributed by atoms with Gasteiger partial charge in [0.2, 0.25) is 0 Å². The number of methoxy groups -OCH3 is 1. The predicted molar refractivity (Wildman–Crippen MR) is 84.6 cm³/mol. The molecule has 1 atom stereocenters. The zero-order chi connectivity index (χ0) is 17.5. The van der Waals surface area contributed by atoms with E-state index in [1.54, 1.807) is 30.3 Å². The van der Waals surface area contributed by atoms with E-state index in [0.717, 1.165) is 7.11 Å². The van der Waals surface area contributed by atoms with Crippen molar-refractivity contribution in [2.24, 2.45) is 0 Å². The van der Waals surface area contributed by atoms with E-state index in [1.807, 2.05) is 0 Å². The minimum absolute atomic E-state index is 0.113. The molecule has 2 aromatic carbocycles. The number of benzene rings is 2. The van der Waals surface area contributed by atoms with E-state index >= 15 is 0 Å². The molecule has 1 unspecified atom stereocenters. The summed E-state index contributed by atoms with van der Waals surface area (Å²) in [5, 5.41) is 13.1. The first-order valence-electron chi connectivity index (χ1n) is 6.86. The average molecular weight is 330 g/mol. The normalized spacial score (nSPS) is 11.2. The van der Waals surface area contributed by atoms with Crippen LogP contribution in [0.3, 0.4) is 0 Å². The largest absolute Gasteiger partial charge is 0.469 e. The molecule has 124 valence electrons. The summed E-state index contributed by atoms with van der Waals surface area (Å²) in [5.41, 5.74) is 0.175. The lowest BCUT2D eigenvalue weighted by molar-refractivity contribution is -0.384. The van der Waals surface area contributed by atoms with Crippen molar-refractivity contribution < 1.29 is 24.0 Å². The number of carbonyl (C=O) groups is 2. The number of carbonyl (C=O) groups excluding carboxylic acids is 2. The van der Waals surface area contributed by atoms with Crippen LogP contribution in [0.15, 0.2) is 54.6 Å². The summed E-state index contributed by atoms with van der Waals surface area (Å²) in [4.78, 5) is 34.1. The average Bonchev–Trinajstić information content (AvgIpc) is 2.60. The molecule has 0 aliphatic heterocycles. The maximum absolute atomic E-state index is 12.3. The Morgan fingerprint density at radius 3 is 2.25 bits per heavy atom. The molecule has 1 N–H and O–H groups in total. The van der Waals surface area contributed by atoms with E-state index in [1.165, 1.54) is 24.3 Å². The molecule has 0 saturated carbocycles. The summed E-state index contributed by atoms with van der Waals surface area (Å²) < 4.78 is 9.95. The van der Waals surface area contributed by atoms with Gasteiger partial charge < -0.3 is 14.8 Å². The number of nitrogens with zero attached hydrogens (tertiary/aromatic N) is 1. The van der Waals surface area contributed by atoms with E-state index in [0.29, 0.717) is 5.75 Å². The molecule has 0 bridgehead atoms. The molecule has 2 aromatic rings. The van der Waals surface area contributed by atoms with Crippen LogP contribution >= 0.6 is 0 Å². The Morgan fingerprint density at radius 2 is 1.71 bits per heavy atom. The third-order valence-corrected chi connectivity index (χ3v) is 3.00. The summed E-state index contributed by atoms with van der Waals surface area (Å²) in [6.45, 7) is 0. The molecule has 8 heteroatoms. The minimum Gasteiger partial charge on any atom is -0.469 e. The predicted octanol–water partition coefficient (Wildman–Crippen LogP) is 2.15. The van der Waals surface area contributed by atoms with Crippen LogP contribution in [0.1, 0.15) is 0 Å². The Kier molecular flexibility index (Phi) is 5.45. The Bertz CT molecular complexity index is 730. The SMILES string of the molecule is COC(=O)C(Oc1ccccc1)C(=O)Nc1ccc([N+](=O)[O-])cc1. The summed E-state index contributed by atoms with van der Waals surface area (Å²) in [5.74, 6) is -1.29. The maximum atomic E-state index is 12.3. The Balaban J connectivity index is 2.12. The van der Waals surface area contributed by atoms with Crippen molar-refractivity contribution in [3.8, 4) is 5.75 Å². The van der Waals surface area contributed by atoms with Gasteiger partial charge in [-0.3, -0.25) is 14.9 Å².